The molecule has 0 bridgehead atoms. The molecule has 0 saturated heterocycles. The van der Waals surface area contributed by atoms with Crippen LogP contribution >= 0.6 is 24.2 Å². The fourth-order valence-electron chi connectivity index (χ4n) is 0.817. The Morgan fingerprint density at radius 3 is 2.80 bits per heavy atom. The summed E-state index contributed by atoms with van der Waals surface area (Å²) in [5.74, 6) is -1.20. The fourth-order valence-corrected chi connectivity index (χ4v) is 1.06. The minimum Gasteiger partial charge on any atom is -0.424 e. The Bertz CT molecular complexity index is 398. The second kappa shape index (κ2) is 4.72. The normalized spacial score (nSPS) is 12.3. The van der Waals surface area contributed by atoms with Crippen LogP contribution in [0.2, 0.25) is 5.02 Å². The zero-order valence-corrected chi connectivity index (χ0v) is 9.48. The molecule has 0 heterocycles. The van der Waals surface area contributed by atoms with E-state index < -0.39 is 17.0 Å². The molecule has 15 heavy (non-hydrogen) atoms. The van der Waals surface area contributed by atoms with Crippen LogP contribution < -0.4 is 10.5 Å². The lowest BCUT2D eigenvalue weighted by Crippen LogP contribution is -2.18. The molecule has 1 aromatic rings. The molecule has 0 fully saturated rings. The van der Waals surface area contributed by atoms with Gasteiger partial charge in [-0.1, -0.05) is 11.6 Å². The van der Waals surface area contributed by atoms with Crippen molar-refractivity contribution in [1.82, 2.24) is 0 Å². The molecule has 0 aromatic heterocycles. The first kappa shape index (κ1) is 12.1. The summed E-state index contributed by atoms with van der Waals surface area (Å²) in [6, 6.07) is 2.15. The van der Waals surface area contributed by atoms with Crippen LogP contribution in [0.25, 0.3) is 0 Å². The van der Waals surface area contributed by atoms with Crippen molar-refractivity contribution in [2.75, 3.05) is 5.73 Å². The number of thiol groups is 1. The van der Waals surface area contributed by atoms with E-state index in [1.165, 1.54) is 0 Å². The standard InChI is InChI=1S/C9H9ClFNO2S/c1-4(15)9(13)14-8-3-7(12)6(11)2-5(8)10/h2-4,15H,12H2,1H3. The fraction of sp³-hybridized carbons (Fsp3) is 0.222. The summed E-state index contributed by atoms with van der Waals surface area (Å²) in [6.45, 7) is 1.55. The van der Waals surface area contributed by atoms with Gasteiger partial charge in [0.1, 0.15) is 5.82 Å². The van der Waals surface area contributed by atoms with E-state index in [4.69, 9.17) is 22.1 Å². The Hall–Kier alpha value is -0.940. The summed E-state index contributed by atoms with van der Waals surface area (Å²) in [6.07, 6.45) is 0. The molecule has 0 aliphatic heterocycles. The van der Waals surface area contributed by atoms with Crippen LogP contribution in [-0.2, 0) is 4.79 Å². The van der Waals surface area contributed by atoms with Crippen molar-refractivity contribution < 1.29 is 13.9 Å². The number of carbonyl (C=O) groups is 1. The van der Waals surface area contributed by atoms with E-state index in [2.05, 4.69) is 12.6 Å². The molecule has 82 valence electrons. The monoisotopic (exact) mass is 249 g/mol. The van der Waals surface area contributed by atoms with E-state index >= 15 is 0 Å². The first-order valence-corrected chi connectivity index (χ1v) is 4.95. The maximum absolute atomic E-state index is 12.9. The van der Waals surface area contributed by atoms with E-state index in [0.29, 0.717) is 0 Å². The zero-order valence-electron chi connectivity index (χ0n) is 7.83. The Morgan fingerprint density at radius 2 is 2.27 bits per heavy atom. The smallest absolute Gasteiger partial charge is 0.323 e. The van der Waals surface area contributed by atoms with E-state index in [0.717, 1.165) is 12.1 Å². The molecule has 0 aliphatic rings. The van der Waals surface area contributed by atoms with Gasteiger partial charge in [0, 0.05) is 6.07 Å². The third-order valence-electron chi connectivity index (χ3n) is 1.60. The van der Waals surface area contributed by atoms with Crippen molar-refractivity contribution in [2.24, 2.45) is 0 Å². The number of nitrogen functional groups attached to an aromatic ring is 1. The highest BCUT2D eigenvalue weighted by molar-refractivity contribution is 7.81. The van der Waals surface area contributed by atoms with Crippen LogP contribution in [0.1, 0.15) is 6.92 Å². The number of carbonyl (C=O) groups excluding carboxylic acids is 1. The summed E-state index contributed by atoms with van der Waals surface area (Å²) in [7, 11) is 0. The molecule has 3 nitrogen and oxygen atoms in total. The van der Waals surface area contributed by atoms with Gasteiger partial charge in [-0.25, -0.2) is 4.39 Å². The number of nitrogens with two attached hydrogens (primary N) is 1. The Balaban J connectivity index is 2.96. The first-order valence-electron chi connectivity index (χ1n) is 4.06. The number of anilines is 1. The summed E-state index contributed by atoms with van der Waals surface area (Å²) >= 11 is 9.53. The van der Waals surface area contributed by atoms with Crippen molar-refractivity contribution in [3.05, 3.63) is 23.0 Å². The van der Waals surface area contributed by atoms with Crippen molar-refractivity contribution in [2.45, 2.75) is 12.2 Å². The SMILES string of the molecule is CC(S)C(=O)Oc1cc(N)c(F)cc1Cl. The number of halogens is 2. The van der Waals surface area contributed by atoms with Crippen LogP contribution in [-0.4, -0.2) is 11.2 Å². The summed E-state index contributed by atoms with van der Waals surface area (Å²) < 4.78 is 17.7. The molecular formula is C9H9ClFNO2S. The Kier molecular flexibility index (Phi) is 3.82. The third kappa shape index (κ3) is 3.00. The third-order valence-corrected chi connectivity index (χ3v) is 2.11. The van der Waals surface area contributed by atoms with Gasteiger partial charge in [-0.2, -0.15) is 12.6 Å². The van der Waals surface area contributed by atoms with Crippen LogP contribution in [0.15, 0.2) is 12.1 Å². The predicted octanol–water partition coefficient (Wildman–Crippen LogP) is 2.29. The summed E-state index contributed by atoms with van der Waals surface area (Å²) in [4.78, 5) is 11.2. The van der Waals surface area contributed by atoms with Crippen molar-refractivity contribution in [3.8, 4) is 5.75 Å². The first-order chi connectivity index (χ1) is 6.91. The molecular weight excluding hydrogens is 241 g/mol. The van der Waals surface area contributed by atoms with Crippen molar-refractivity contribution >= 4 is 35.9 Å². The average Bonchev–Trinajstić information content (AvgIpc) is 2.13. The van der Waals surface area contributed by atoms with Gasteiger partial charge in [0.15, 0.2) is 5.75 Å². The van der Waals surface area contributed by atoms with Gasteiger partial charge >= 0.3 is 5.97 Å². The molecule has 0 radical (unpaired) electrons. The minimum atomic E-state index is -0.654. The summed E-state index contributed by atoms with van der Waals surface area (Å²) in [5.41, 5.74) is 5.17. The van der Waals surface area contributed by atoms with Crippen LogP contribution in [0.5, 0.6) is 5.75 Å². The second-order valence-corrected chi connectivity index (χ2v) is 4.08. The molecule has 2 N–H and O–H groups in total. The van der Waals surface area contributed by atoms with Crippen LogP contribution in [0, 0.1) is 5.82 Å². The lowest BCUT2D eigenvalue weighted by molar-refractivity contribution is -0.133. The number of rotatable bonds is 2. The van der Waals surface area contributed by atoms with Gasteiger partial charge in [-0.3, -0.25) is 4.79 Å². The van der Waals surface area contributed by atoms with E-state index in [-0.39, 0.29) is 16.5 Å². The Morgan fingerprint density at radius 1 is 1.67 bits per heavy atom. The molecule has 0 saturated carbocycles. The van der Waals surface area contributed by atoms with Gasteiger partial charge in [0.05, 0.1) is 16.0 Å². The van der Waals surface area contributed by atoms with E-state index in [1.54, 1.807) is 6.92 Å². The quantitative estimate of drug-likeness (QED) is 0.366. The van der Waals surface area contributed by atoms with E-state index in [1.807, 2.05) is 0 Å². The molecule has 6 heteroatoms. The number of hydrogen-bond acceptors (Lipinski definition) is 4. The molecule has 1 aromatic carbocycles. The highest BCUT2D eigenvalue weighted by Crippen LogP contribution is 2.29. The maximum atomic E-state index is 12.9. The van der Waals surface area contributed by atoms with Gasteiger partial charge < -0.3 is 10.5 Å². The molecule has 0 spiro atoms. The van der Waals surface area contributed by atoms with Crippen LogP contribution in [0.3, 0.4) is 0 Å². The van der Waals surface area contributed by atoms with Gasteiger partial charge in [0.25, 0.3) is 0 Å². The highest BCUT2D eigenvalue weighted by atomic mass is 35.5. The minimum absolute atomic E-state index is 0.0102. The summed E-state index contributed by atoms with van der Waals surface area (Å²) in [5, 5.41) is -0.601. The van der Waals surface area contributed by atoms with Crippen LogP contribution in [0.4, 0.5) is 10.1 Å². The largest absolute Gasteiger partial charge is 0.424 e. The zero-order chi connectivity index (χ0) is 11.6. The number of esters is 1. The van der Waals surface area contributed by atoms with Gasteiger partial charge in [0.2, 0.25) is 0 Å². The lowest BCUT2D eigenvalue weighted by atomic mass is 10.3. The lowest BCUT2D eigenvalue weighted by Gasteiger charge is -2.08. The molecule has 1 atom stereocenters. The maximum Gasteiger partial charge on any atom is 0.323 e. The highest BCUT2D eigenvalue weighted by Gasteiger charge is 2.14. The Labute approximate surface area is 96.8 Å². The van der Waals surface area contributed by atoms with E-state index in [9.17, 15) is 9.18 Å². The molecule has 1 unspecified atom stereocenters. The van der Waals surface area contributed by atoms with Gasteiger partial charge in [-0.05, 0) is 13.0 Å². The molecule has 0 amide bonds. The second-order valence-electron chi connectivity index (χ2n) is 2.90. The predicted molar refractivity (Wildman–Crippen MR) is 59.9 cm³/mol. The van der Waals surface area contributed by atoms with Crippen molar-refractivity contribution in [3.63, 3.8) is 0 Å². The van der Waals surface area contributed by atoms with Gasteiger partial charge in [-0.15, -0.1) is 0 Å². The number of ether oxygens (including phenoxy) is 1. The average molecular weight is 250 g/mol. The molecule has 1 rings (SSSR count). The topological polar surface area (TPSA) is 52.3 Å². The van der Waals surface area contributed by atoms with Crippen molar-refractivity contribution in [1.29, 1.82) is 0 Å². The number of hydrogen-bond donors (Lipinski definition) is 2. The number of benzene rings is 1. The molecule has 0 aliphatic carbocycles.